The van der Waals surface area contributed by atoms with Crippen LogP contribution in [0.3, 0.4) is 0 Å². The van der Waals surface area contributed by atoms with Gasteiger partial charge in [0.25, 0.3) is 0 Å². The van der Waals surface area contributed by atoms with Crippen molar-refractivity contribution in [2.24, 2.45) is 0 Å². The Hall–Kier alpha value is 0.0200. The Labute approximate surface area is 44.2 Å². The maximum Gasteiger partial charge on any atom is 0.116 e. The van der Waals surface area contributed by atoms with Gasteiger partial charge in [-0.05, 0) is 12.7 Å². The summed E-state index contributed by atoms with van der Waals surface area (Å²) in [4.78, 5) is 8.81. The first kappa shape index (κ1) is 9.39. The Bertz CT molecular complexity index is 21.5. The Morgan fingerprint density at radius 3 is 1.83 bits per heavy atom. The van der Waals surface area contributed by atoms with E-state index in [1.54, 1.807) is 0 Å². The van der Waals surface area contributed by atoms with Crippen LogP contribution in [-0.4, -0.2) is 12.0 Å². The Morgan fingerprint density at radius 1 is 1.83 bits per heavy atom. The molecule has 0 aromatic rings. The van der Waals surface area contributed by atoms with Crippen LogP contribution in [0, 0.1) is 0 Å². The number of carbonyl (C=O) groups excluding carboxylic acids is 1. The van der Waals surface area contributed by atoms with Crippen molar-refractivity contribution in [3.63, 3.8) is 0 Å². The Kier molecular flexibility index (Phi) is 31.1. The van der Waals surface area contributed by atoms with E-state index < -0.39 is 0 Å². The summed E-state index contributed by atoms with van der Waals surface area (Å²) in [7, 11) is 0. The third kappa shape index (κ3) is 91700. The third-order valence-corrected chi connectivity index (χ3v) is 0. The molecule has 0 aliphatic carbocycles. The van der Waals surface area contributed by atoms with Crippen LogP contribution in [0.1, 0.15) is 13.8 Å². The topological polar surface area (TPSA) is 17.1 Å². The second kappa shape index (κ2) is 19.9. The fourth-order valence-corrected chi connectivity index (χ4v) is 0. The van der Waals surface area contributed by atoms with Crippen molar-refractivity contribution in [2.45, 2.75) is 13.8 Å². The van der Waals surface area contributed by atoms with Crippen molar-refractivity contribution in [1.29, 1.82) is 0 Å². The van der Waals surface area contributed by atoms with E-state index in [0.717, 1.165) is 12.0 Å². The van der Waals surface area contributed by atoms with Crippen LogP contribution in [0.25, 0.3) is 0 Å². The molecule has 0 fully saturated rings. The monoisotopic (exact) mass is 106 g/mol. The van der Waals surface area contributed by atoms with E-state index >= 15 is 0 Å². The van der Waals surface area contributed by atoms with Gasteiger partial charge in [0.2, 0.25) is 0 Å². The molecule has 0 atom stereocenters. The molecule has 38 valence electrons. The first-order chi connectivity index (χ1) is 2.83. The molecule has 0 rings (SSSR count). The van der Waals surface area contributed by atoms with Gasteiger partial charge in [-0.3, -0.25) is 0 Å². The quantitative estimate of drug-likeness (QED) is 0.362. The minimum atomic E-state index is 0.750. The summed E-state index contributed by atoms with van der Waals surface area (Å²) in [5, 5.41) is 0. The lowest BCUT2D eigenvalue weighted by Gasteiger charge is -1.48. The lowest BCUT2D eigenvalue weighted by Crippen LogP contribution is -1.36. The van der Waals surface area contributed by atoms with E-state index in [-0.39, 0.29) is 0 Å². The fourth-order valence-electron chi connectivity index (χ4n) is 0. The highest BCUT2D eigenvalue weighted by Gasteiger charge is 1.35. The molecule has 0 saturated carbocycles. The summed E-state index contributed by atoms with van der Waals surface area (Å²) >= 11 is 3.79. The van der Waals surface area contributed by atoms with Crippen molar-refractivity contribution >= 4 is 18.9 Å². The normalized spacial score (nSPS) is 5.17. The fraction of sp³-hybridized carbons (Fsp3) is 0.750. The zero-order chi connectivity index (χ0) is 5.41. The van der Waals surface area contributed by atoms with Gasteiger partial charge in [-0.15, -0.1) is 0 Å². The molecule has 0 N–H and O–H groups in total. The molecule has 6 heavy (non-hydrogen) atoms. The maximum atomic E-state index is 8.81. The van der Waals surface area contributed by atoms with Crippen molar-refractivity contribution in [3.05, 3.63) is 0 Å². The molecule has 0 bridgehead atoms. The molecule has 0 aromatic carbocycles. The Morgan fingerprint density at radius 2 is 1.83 bits per heavy atom. The van der Waals surface area contributed by atoms with E-state index in [1.807, 2.05) is 6.92 Å². The van der Waals surface area contributed by atoms with Gasteiger partial charge in [0, 0.05) is 0 Å². The van der Waals surface area contributed by atoms with Crippen LogP contribution < -0.4 is 0 Å². The molecule has 0 aromatic heterocycles. The first-order valence-corrected chi connectivity index (χ1v) is 2.47. The summed E-state index contributed by atoms with van der Waals surface area (Å²) < 4.78 is 0. The standard InChI is InChI=1S/C2H4O.C2H6S/c2*1-2-3/h2H,1H3;3H,2H2,1H3. The number of aldehydes is 1. The highest BCUT2D eigenvalue weighted by molar-refractivity contribution is 7.80. The van der Waals surface area contributed by atoms with E-state index in [4.69, 9.17) is 4.79 Å². The van der Waals surface area contributed by atoms with E-state index in [2.05, 4.69) is 12.6 Å². The lowest BCUT2D eigenvalue weighted by atomic mass is 11.0. The second-order valence-electron chi connectivity index (χ2n) is 0.552. The van der Waals surface area contributed by atoms with Gasteiger partial charge in [0.1, 0.15) is 6.29 Å². The van der Waals surface area contributed by atoms with Crippen LogP contribution in [0.2, 0.25) is 0 Å². The molecular formula is C4H10OS. The maximum absolute atomic E-state index is 8.81. The molecule has 0 heterocycles. The largest absolute Gasteiger partial charge is 0.304 e. The highest BCUT2D eigenvalue weighted by atomic mass is 32.1. The van der Waals surface area contributed by atoms with Crippen LogP contribution in [0.5, 0.6) is 0 Å². The average molecular weight is 106 g/mol. The summed E-state index contributed by atoms with van der Waals surface area (Å²) in [5.74, 6) is 0.944. The molecule has 1 nitrogen and oxygen atoms in total. The zero-order valence-corrected chi connectivity index (χ0v) is 5.03. The average Bonchev–Trinajstić information content (AvgIpc) is 1.39. The molecule has 0 unspecified atom stereocenters. The molecular weight excluding hydrogens is 96.1 g/mol. The number of hydrogen-bond acceptors (Lipinski definition) is 2. The van der Waals surface area contributed by atoms with Gasteiger partial charge in [0.15, 0.2) is 0 Å². The van der Waals surface area contributed by atoms with Gasteiger partial charge in [-0.25, -0.2) is 0 Å². The number of thiol groups is 1. The lowest BCUT2D eigenvalue weighted by molar-refractivity contribution is -0.106. The van der Waals surface area contributed by atoms with E-state index in [9.17, 15) is 0 Å². The smallest absolute Gasteiger partial charge is 0.116 e. The minimum Gasteiger partial charge on any atom is -0.304 e. The molecule has 2 heteroatoms. The zero-order valence-electron chi connectivity index (χ0n) is 4.14. The van der Waals surface area contributed by atoms with Gasteiger partial charge >= 0.3 is 0 Å². The van der Waals surface area contributed by atoms with Crippen LogP contribution in [0.15, 0.2) is 0 Å². The predicted octanol–water partition coefficient (Wildman–Crippen LogP) is 1.14. The molecule has 0 saturated heterocycles. The minimum absolute atomic E-state index is 0.750. The SMILES string of the molecule is CC=O.CCS. The Balaban J connectivity index is 0. The molecule has 0 amide bonds. The summed E-state index contributed by atoms with van der Waals surface area (Å²) in [6.45, 7) is 3.43. The second-order valence-corrected chi connectivity index (χ2v) is 1.18. The van der Waals surface area contributed by atoms with Crippen molar-refractivity contribution in [2.75, 3.05) is 5.75 Å². The number of carbonyl (C=O) groups is 1. The van der Waals surface area contributed by atoms with Gasteiger partial charge in [-0.2, -0.15) is 12.6 Å². The van der Waals surface area contributed by atoms with Gasteiger partial charge in [0.05, 0.1) is 0 Å². The molecule has 0 radical (unpaired) electrons. The molecule has 0 spiro atoms. The predicted molar refractivity (Wildman–Crippen MR) is 31.3 cm³/mol. The first-order valence-electron chi connectivity index (χ1n) is 1.84. The third-order valence-electron chi connectivity index (χ3n) is 0. The van der Waals surface area contributed by atoms with Gasteiger partial charge < -0.3 is 4.79 Å². The van der Waals surface area contributed by atoms with Crippen LogP contribution in [-0.2, 0) is 4.79 Å². The van der Waals surface area contributed by atoms with Crippen molar-refractivity contribution in [3.8, 4) is 0 Å². The summed E-state index contributed by atoms with van der Waals surface area (Å²) in [6, 6.07) is 0. The number of hydrogen-bond donors (Lipinski definition) is 1. The van der Waals surface area contributed by atoms with Crippen molar-refractivity contribution < 1.29 is 4.79 Å². The van der Waals surface area contributed by atoms with Gasteiger partial charge in [-0.1, -0.05) is 6.92 Å². The van der Waals surface area contributed by atoms with Crippen molar-refractivity contribution in [1.82, 2.24) is 0 Å². The molecule has 0 aliphatic rings. The summed E-state index contributed by atoms with van der Waals surface area (Å²) in [5.41, 5.74) is 0. The van der Waals surface area contributed by atoms with E-state index in [1.165, 1.54) is 6.92 Å². The number of rotatable bonds is 0. The van der Waals surface area contributed by atoms with Crippen LogP contribution >= 0.6 is 12.6 Å². The van der Waals surface area contributed by atoms with E-state index in [0.29, 0.717) is 0 Å². The molecule has 0 aliphatic heterocycles. The summed E-state index contributed by atoms with van der Waals surface area (Å²) in [6.07, 6.45) is 0.750. The van der Waals surface area contributed by atoms with Crippen LogP contribution in [0.4, 0.5) is 0 Å². The highest BCUT2D eigenvalue weighted by Crippen LogP contribution is 1.58.